The van der Waals surface area contributed by atoms with Gasteiger partial charge in [0, 0.05) is 18.5 Å². The molecule has 2 fully saturated rings. The molecule has 1 saturated carbocycles. The highest BCUT2D eigenvalue weighted by Gasteiger charge is 2.59. The molecule has 1 saturated heterocycles. The molecule has 0 aromatic heterocycles. The van der Waals surface area contributed by atoms with E-state index in [4.69, 9.17) is 0 Å². The van der Waals surface area contributed by atoms with Gasteiger partial charge in [-0.2, -0.15) is 0 Å². The van der Waals surface area contributed by atoms with Crippen LogP contribution in [0.25, 0.3) is 0 Å². The molecule has 0 spiro atoms. The van der Waals surface area contributed by atoms with Gasteiger partial charge in [0.2, 0.25) is 0 Å². The molecule has 1 aromatic rings. The SMILES string of the molecule is Cc1ccc([C@@]23C[C@H]2CN(C)C3)cc1. The Hall–Kier alpha value is -0.820. The second-order valence-electron chi connectivity index (χ2n) is 5.12. The fourth-order valence-corrected chi connectivity index (χ4v) is 3.07. The molecule has 0 bridgehead atoms. The molecular formula is C13H17N. The molecule has 0 N–H and O–H groups in total. The number of fused-ring (bicyclic) bond motifs is 1. The highest BCUT2D eigenvalue weighted by molar-refractivity contribution is 5.38. The normalized spacial score (nSPS) is 35.7. The van der Waals surface area contributed by atoms with Crippen molar-refractivity contribution in [3.63, 3.8) is 0 Å². The van der Waals surface area contributed by atoms with E-state index in [0.29, 0.717) is 5.41 Å². The van der Waals surface area contributed by atoms with Crippen LogP contribution in [0, 0.1) is 12.8 Å². The Morgan fingerprint density at radius 3 is 2.57 bits per heavy atom. The summed E-state index contributed by atoms with van der Waals surface area (Å²) in [6.07, 6.45) is 1.42. The monoisotopic (exact) mass is 187 g/mol. The maximum absolute atomic E-state index is 2.47. The van der Waals surface area contributed by atoms with E-state index in [1.807, 2.05) is 0 Å². The van der Waals surface area contributed by atoms with Crippen LogP contribution in [0.15, 0.2) is 24.3 Å². The third-order valence-electron chi connectivity index (χ3n) is 3.94. The summed E-state index contributed by atoms with van der Waals surface area (Å²) in [6, 6.07) is 9.15. The Morgan fingerprint density at radius 2 is 2.00 bits per heavy atom. The van der Waals surface area contributed by atoms with Crippen LogP contribution in [0.4, 0.5) is 0 Å². The van der Waals surface area contributed by atoms with Gasteiger partial charge < -0.3 is 4.90 Å². The van der Waals surface area contributed by atoms with E-state index in [2.05, 4.69) is 43.1 Å². The molecule has 14 heavy (non-hydrogen) atoms. The molecule has 3 rings (SSSR count). The van der Waals surface area contributed by atoms with Crippen LogP contribution in [-0.4, -0.2) is 25.0 Å². The van der Waals surface area contributed by atoms with Gasteiger partial charge in [-0.15, -0.1) is 0 Å². The van der Waals surface area contributed by atoms with Gasteiger partial charge >= 0.3 is 0 Å². The average molecular weight is 187 g/mol. The minimum Gasteiger partial charge on any atom is -0.305 e. The maximum atomic E-state index is 2.47. The van der Waals surface area contributed by atoms with Crippen molar-refractivity contribution in [2.45, 2.75) is 18.8 Å². The molecular weight excluding hydrogens is 170 g/mol. The number of benzene rings is 1. The van der Waals surface area contributed by atoms with E-state index >= 15 is 0 Å². The fourth-order valence-electron chi connectivity index (χ4n) is 3.07. The molecule has 0 unspecified atom stereocenters. The first-order chi connectivity index (χ1) is 6.71. The van der Waals surface area contributed by atoms with Gasteiger partial charge in [-0.25, -0.2) is 0 Å². The molecule has 1 nitrogen and oxygen atoms in total. The van der Waals surface area contributed by atoms with Crippen LogP contribution in [0.5, 0.6) is 0 Å². The van der Waals surface area contributed by atoms with Crippen molar-refractivity contribution in [2.24, 2.45) is 5.92 Å². The van der Waals surface area contributed by atoms with Crippen LogP contribution >= 0.6 is 0 Å². The van der Waals surface area contributed by atoms with Gasteiger partial charge in [-0.3, -0.25) is 0 Å². The van der Waals surface area contributed by atoms with Crippen LogP contribution in [0.1, 0.15) is 17.5 Å². The molecule has 74 valence electrons. The minimum atomic E-state index is 0.544. The van der Waals surface area contributed by atoms with Crippen LogP contribution in [0.3, 0.4) is 0 Å². The number of rotatable bonds is 1. The summed E-state index contributed by atoms with van der Waals surface area (Å²) >= 11 is 0. The summed E-state index contributed by atoms with van der Waals surface area (Å²) in [5.74, 6) is 0.940. The fraction of sp³-hybridized carbons (Fsp3) is 0.538. The van der Waals surface area contributed by atoms with Crippen molar-refractivity contribution < 1.29 is 0 Å². The summed E-state index contributed by atoms with van der Waals surface area (Å²) in [4.78, 5) is 2.47. The van der Waals surface area contributed by atoms with Crippen molar-refractivity contribution in [2.75, 3.05) is 20.1 Å². The Balaban J connectivity index is 1.93. The van der Waals surface area contributed by atoms with E-state index in [-0.39, 0.29) is 0 Å². The predicted octanol–water partition coefficient (Wildman–Crippen LogP) is 2.20. The van der Waals surface area contributed by atoms with E-state index < -0.39 is 0 Å². The highest BCUT2D eigenvalue weighted by atomic mass is 15.2. The van der Waals surface area contributed by atoms with Crippen LogP contribution in [0.2, 0.25) is 0 Å². The van der Waals surface area contributed by atoms with Gasteiger partial charge in [-0.05, 0) is 31.9 Å². The summed E-state index contributed by atoms with van der Waals surface area (Å²) < 4.78 is 0. The van der Waals surface area contributed by atoms with Crippen molar-refractivity contribution >= 4 is 0 Å². The third-order valence-corrected chi connectivity index (χ3v) is 3.94. The van der Waals surface area contributed by atoms with E-state index in [0.717, 1.165) is 5.92 Å². The van der Waals surface area contributed by atoms with Gasteiger partial charge in [-0.1, -0.05) is 29.8 Å². The van der Waals surface area contributed by atoms with Crippen molar-refractivity contribution in [3.8, 4) is 0 Å². The van der Waals surface area contributed by atoms with Gasteiger partial charge in [0.15, 0.2) is 0 Å². The van der Waals surface area contributed by atoms with E-state index in [9.17, 15) is 0 Å². The molecule has 0 radical (unpaired) electrons. The van der Waals surface area contributed by atoms with Crippen LogP contribution < -0.4 is 0 Å². The summed E-state index contributed by atoms with van der Waals surface area (Å²) in [6.45, 7) is 4.72. The number of hydrogen-bond donors (Lipinski definition) is 0. The number of likely N-dealkylation sites (tertiary alicyclic amines) is 1. The molecule has 1 aromatic carbocycles. The summed E-state index contributed by atoms with van der Waals surface area (Å²) in [5.41, 5.74) is 3.48. The molecule has 1 heteroatoms. The number of aryl methyl sites for hydroxylation is 1. The Kier molecular flexibility index (Phi) is 1.58. The predicted molar refractivity (Wildman–Crippen MR) is 58.5 cm³/mol. The Morgan fingerprint density at radius 1 is 1.29 bits per heavy atom. The van der Waals surface area contributed by atoms with E-state index in [1.165, 1.54) is 25.1 Å². The molecule has 1 aliphatic heterocycles. The second-order valence-corrected chi connectivity index (χ2v) is 5.12. The van der Waals surface area contributed by atoms with Crippen molar-refractivity contribution in [1.82, 2.24) is 4.90 Å². The summed E-state index contributed by atoms with van der Waals surface area (Å²) in [5, 5.41) is 0. The van der Waals surface area contributed by atoms with Crippen LogP contribution in [-0.2, 0) is 5.41 Å². The lowest BCUT2D eigenvalue weighted by molar-refractivity contribution is 0.363. The minimum absolute atomic E-state index is 0.544. The molecule has 0 amide bonds. The molecule has 1 heterocycles. The zero-order chi connectivity index (χ0) is 9.76. The molecule has 1 aliphatic carbocycles. The van der Waals surface area contributed by atoms with Gasteiger partial charge in [0.1, 0.15) is 0 Å². The maximum Gasteiger partial charge on any atom is 0.0124 e. The van der Waals surface area contributed by atoms with Crippen molar-refractivity contribution in [1.29, 1.82) is 0 Å². The quantitative estimate of drug-likeness (QED) is 0.651. The Labute approximate surface area is 85.7 Å². The third kappa shape index (κ3) is 1.05. The molecule has 2 atom stereocenters. The lowest BCUT2D eigenvalue weighted by Crippen LogP contribution is -2.22. The largest absolute Gasteiger partial charge is 0.305 e. The van der Waals surface area contributed by atoms with Gasteiger partial charge in [0.05, 0.1) is 0 Å². The number of piperidine rings is 1. The topological polar surface area (TPSA) is 3.24 Å². The zero-order valence-electron chi connectivity index (χ0n) is 8.96. The second kappa shape index (κ2) is 2.60. The lowest BCUT2D eigenvalue weighted by Gasteiger charge is -2.16. The van der Waals surface area contributed by atoms with Crippen molar-refractivity contribution in [3.05, 3.63) is 35.4 Å². The first-order valence-corrected chi connectivity index (χ1v) is 5.46. The zero-order valence-corrected chi connectivity index (χ0v) is 8.96. The number of hydrogen-bond acceptors (Lipinski definition) is 1. The first kappa shape index (κ1) is 8.49. The summed E-state index contributed by atoms with van der Waals surface area (Å²) in [7, 11) is 2.24. The van der Waals surface area contributed by atoms with Gasteiger partial charge in [0.25, 0.3) is 0 Å². The number of likely N-dealkylation sites (N-methyl/N-ethyl adjacent to an activating group) is 1. The molecule has 2 aliphatic rings. The highest BCUT2D eigenvalue weighted by Crippen LogP contribution is 2.58. The van der Waals surface area contributed by atoms with E-state index in [1.54, 1.807) is 5.56 Å². The first-order valence-electron chi connectivity index (χ1n) is 5.46. The average Bonchev–Trinajstić information content (AvgIpc) is 2.71. The standard InChI is InChI=1S/C13H17N/c1-10-3-5-11(6-4-10)13-7-12(13)8-14(2)9-13/h3-6,12H,7-9H2,1-2H3/t12-,13-/m0/s1. The number of nitrogens with zero attached hydrogens (tertiary/aromatic N) is 1. The smallest absolute Gasteiger partial charge is 0.0124 e. The Bertz CT molecular complexity index is 354. The lowest BCUT2D eigenvalue weighted by atomic mass is 9.94.